The van der Waals surface area contributed by atoms with Gasteiger partial charge < -0.3 is 13.4 Å². The highest BCUT2D eigenvalue weighted by atomic mass is 16.4. The van der Waals surface area contributed by atoms with E-state index < -0.39 is 0 Å². The lowest BCUT2D eigenvalue weighted by Crippen LogP contribution is -2.10. The number of fused-ring (bicyclic) bond motifs is 11. The molecular weight excluding hydrogens is 601 g/mol. The molecule has 10 aromatic rings. The van der Waals surface area contributed by atoms with Crippen molar-refractivity contribution in [3.05, 3.63) is 169 Å². The molecule has 230 valence electrons. The van der Waals surface area contributed by atoms with Crippen LogP contribution in [0.15, 0.2) is 160 Å². The predicted molar refractivity (Wildman–Crippen MR) is 198 cm³/mol. The van der Waals surface area contributed by atoms with Gasteiger partial charge in [0.2, 0.25) is 5.89 Å². The molecular formula is C45H28N2O2. The minimum absolute atomic E-state index is 0.0582. The van der Waals surface area contributed by atoms with Gasteiger partial charge in [0.25, 0.3) is 0 Å². The molecule has 3 heterocycles. The number of nitrogens with zero attached hydrogens (tertiary/aromatic N) is 2. The predicted octanol–water partition coefficient (Wildman–Crippen LogP) is 11.8. The number of hydrogen-bond acceptors (Lipinski definition) is 3. The van der Waals surface area contributed by atoms with E-state index in [9.17, 15) is 0 Å². The lowest BCUT2D eigenvalue weighted by Gasteiger charge is -2.20. The molecule has 3 aromatic heterocycles. The molecule has 1 atom stereocenters. The van der Waals surface area contributed by atoms with E-state index in [1.165, 1.54) is 43.4 Å². The van der Waals surface area contributed by atoms with Gasteiger partial charge in [0.15, 0.2) is 5.76 Å². The molecule has 0 radical (unpaired) electrons. The molecule has 0 amide bonds. The molecule has 0 bridgehead atoms. The lowest BCUT2D eigenvalue weighted by atomic mass is 9.84. The summed E-state index contributed by atoms with van der Waals surface area (Å²) < 4.78 is 15.7. The van der Waals surface area contributed by atoms with Crippen LogP contribution in [-0.2, 0) is 6.42 Å². The van der Waals surface area contributed by atoms with Crippen LogP contribution in [0.5, 0.6) is 0 Å². The maximum absolute atomic E-state index is 6.78. The third-order valence-corrected chi connectivity index (χ3v) is 10.4. The van der Waals surface area contributed by atoms with E-state index in [0.29, 0.717) is 12.3 Å². The number of hydrogen-bond donors (Lipinski definition) is 0. The van der Waals surface area contributed by atoms with Gasteiger partial charge in [0.1, 0.15) is 11.3 Å². The van der Waals surface area contributed by atoms with Crippen molar-refractivity contribution in [2.75, 3.05) is 0 Å². The van der Waals surface area contributed by atoms with E-state index in [-0.39, 0.29) is 5.92 Å². The van der Waals surface area contributed by atoms with Crippen molar-refractivity contribution >= 4 is 54.3 Å². The summed E-state index contributed by atoms with van der Waals surface area (Å²) in [7, 11) is 0. The lowest BCUT2D eigenvalue weighted by molar-refractivity contribution is 0.504. The first-order chi connectivity index (χ1) is 24.3. The Balaban J connectivity index is 1.14. The van der Waals surface area contributed by atoms with Gasteiger partial charge >= 0.3 is 0 Å². The number of oxazole rings is 1. The largest absolute Gasteiger partial charge is 0.460 e. The third-order valence-electron chi connectivity index (χ3n) is 10.4. The summed E-state index contributed by atoms with van der Waals surface area (Å²) in [5.74, 6) is 2.45. The molecule has 49 heavy (non-hydrogen) atoms. The van der Waals surface area contributed by atoms with Gasteiger partial charge in [0.05, 0.1) is 22.3 Å². The van der Waals surface area contributed by atoms with Gasteiger partial charge in [-0.3, -0.25) is 0 Å². The van der Waals surface area contributed by atoms with Gasteiger partial charge in [-0.1, -0.05) is 109 Å². The van der Waals surface area contributed by atoms with Crippen molar-refractivity contribution in [1.29, 1.82) is 0 Å². The van der Waals surface area contributed by atoms with Crippen molar-refractivity contribution in [3.63, 3.8) is 0 Å². The average Bonchev–Trinajstić information content (AvgIpc) is 3.86. The molecule has 11 rings (SSSR count). The van der Waals surface area contributed by atoms with Crippen LogP contribution in [0.2, 0.25) is 0 Å². The second-order valence-corrected chi connectivity index (χ2v) is 13.1. The highest BCUT2D eigenvalue weighted by Crippen LogP contribution is 2.49. The summed E-state index contributed by atoms with van der Waals surface area (Å²) in [4.78, 5) is 5.22. The van der Waals surface area contributed by atoms with E-state index >= 15 is 0 Å². The molecule has 0 saturated carbocycles. The fraction of sp³-hybridized carbons (Fsp3) is 0.0444. The van der Waals surface area contributed by atoms with Crippen LogP contribution < -0.4 is 0 Å². The summed E-state index contributed by atoms with van der Waals surface area (Å²) in [6, 6.07) is 53.9. The quantitative estimate of drug-likeness (QED) is 0.196. The van der Waals surface area contributed by atoms with E-state index in [2.05, 4.69) is 144 Å². The van der Waals surface area contributed by atoms with Crippen LogP contribution in [0.4, 0.5) is 0 Å². The van der Waals surface area contributed by atoms with E-state index in [0.717, 1.165) is 50.5 Å². The monoisotopic (exact) mass is 628 g/mol. The summed E-state index contributed by atoms with van der Waals surface area (Å²) in [5, 5.41) is 8.36. The van der Waals surface area contributed by atoms with Crippen LogP contribution in [0.25, 0.3) is 82.8 Å². The SMILES string of the molecule is c1ccc(C2Cc3nc(-c4ccc5c(c4)c4c6ccccc6ccc4n5-c4ccc5ccccc5c4)oc3-c3c2oc2ccccc32)cc1. The van der Waals surface area contributed by atoms with Gasteiger partial charge in [0, 0.05) is 39.7 Å². The average molecular weight is 629 g/mol. The fourth-order valence-corrected chi connectivity index (χ4v) is 8.11. The minimum Gasteiger partial charge on any atom is -0.460 e. The molecule has 4 nitrogen and oxygen atoms in total. The number of aromatic nitrogens is 2. The molecule has 0 spiro atoms. The first-order valence-corrected chi connectivity index (χ1v) is 16.8. The Kier molecular flexibility index (Phi) is 5.47. The first kappa shape index (κ1) is 26.7. The van der Waals surface area contributed by atoms with Crippen molar-refractivity contribution < 1.29 is 8.83 Å². The molecule has 0 aliphatic heterocycles. The Morgan fingerprint density at radius 2 is 1.31 bits per heavy atom. The van der Waals surface area contributed by atoms with E-state index in [1.54, 1.807) is 0 Å². The van der Waals surface area contributed by atoms with E-state index in [1.807, 2.05) is 12.1 Å². The standard InChI is InChI=1S/C45H28N2O2/c1-2-11-28(12-3-1)35-26-37-44(42-34-16-8-9-17-40(34)48-43(35)42)49-45(46-37)31-20-22-38-36(25-31)41-33-15-7-6-13-29(33)19-23-39(41)47(38)32-21-18-27-10-4-5-14-30(27)24-32/h1-25,35H,26H2. The molecule has 1 unspecified atom stereocenters. The fourth-order valence-electron chi connectivity index (χ4n) is 8.11. The van der Waals surface area contributed by atoms with Crippen molar-refractivity contribution in [1.82, 2.24) is 9.55 Å². The topological polar surface area (TPSA) is 44.1 Å². The third kappa shape index (κ3) is 3.89. The number of furan rings is 1. The maximum Gasteiger partial charge on any atom is 0.227 e. The van der Waals surface area contributed by atoms with Crippen LogP contribution in [0, 0.1) is 0 Å². The zero-order valence-corrected chi connectivity index (χ0v) is 26.4. The van der Waals surface area contributed by atoms with Crippen LogP contribution in [0.3, 0.4) is 0 Å². The Labute approximate surface area is 281 Å². The van der Waals surface area contributed by atoms with Crippen molar-refractivity contribution in [2.24, 2.45) is 0 Å². The van der Waals surface area contributed by atoms with Crippen LogP contribution >= 0.6 is 0 Å². The zero-order chi connectivity index (χ0) is 32.1. The summed E-state index contributed by atoms with van der Waals surface area (Å²) in [6.45, 7) is 0. The molecule has 1 aliphatic rings. The molecule has 0 N–H and O–H groups in total. The first-order valence-electron chi connectivity index (χ1n) is 16.8. The number of benzene rings is 7. The van der Waals surface area contributed by atoms with E-state index in [4.69, 9.17) is 13.8 Å². The Hall–Kier alpha value is -6.39. The summed E-state index contributed by atoms with van der Waals surface area (Å²) in [6.07, 6.45) is 0.712. The molecule has 0 fully saturated rings. The maximum atomic E-state index is 6.78. The highest BCUT2D eigenvalue weighted by Gasteiger charge is 2.35. The van der Waals surface area contributed by atoms with Gasteiger partial charge in [-0.25, -0.2) is 4.98 Å². The second-order valence-electron chi connectivity index (χ2n) is 13.1. The molecule has 4 heteroatoms. The van der Waals surface area contributed by atoms with Crippen molar-refractivity contribution in [3.8, 4) is 28.5 Å². The summed E-state index contributed by atoms with van der Waals surface area (Å²) in [5.41, 5.74) is 8.48. The van der Waals surface area contributed by atoms with Gasteiger partial charge in [-0.15, -0.1) is 0 Å². The molecule has 0 saturated heterocycles. The van der Waals surface area contributed by atoms with Gasteiger partial charge in [-0.2, -0.15) is 0 Å². The highest BCUT2D eigenvalue weighted by molar-refractivity contribution is 6.22. The summed E-state index contributed by atoms with van der Waals surface area (Å²) >= 11 is 0. The molecule has 1 aliphatic carbocycles. The molecule has 7 aromatic carbocycles. The number of rotatable bonds is 3. The van der Waals surface area contributed by atoms with Crippen molar-refractivity contribution in [2.45, 2.75) is 12.3 Å². The smallest absolute Gasteiger partial charge is 0.227 e. The minimum atomic E-state index is 0.0582. The zero-order valence-electron chi connectivity index (χ0n) is 26.4. The number of para-hydroxylation sites is 1. The van der Waals surface area contributed by atoms with Crippen LogP contribution in [0.1, 0.15) is 22.9 Å². The second kappa shape index (κ2) is 10.1. The Morgan fingerprint density at radius 3 is 2.20 bits per heavy atom. The normalized spacial score (nSPS) is 14.2. The Bertz CT molecular complexity index is 2930. The van der Waals surface area contributed by atoms with Gasteiger partial charge in [-0.05, 0) is 69.6 Å². The van der Waals surface area contributed by atoms with Crippen LogP contribution in [-0.4, -0.2) is 9.55 Å². The Morgan fingerprint density at radius 1 is 0.571 bits per heavy atom.